The van der Waals surface area contributed by atoms with Gasteiger partial charge in [-0.15, -0.1) is 0 Å². The van der Waals surface area contributed by atoms with Gasteiger partial charge in [-0.2, -0.15) is 0 Å². The predicted molar refractivity (Wildman–Crippen MR) is 66.5 cm³/mol. The van der Waals surface area contributed by atoms with Crippen LogP contribution in [0.4, 0.5) is 0 Å². The molecule has 1 N–H and O–H groups in total. The Morgan fingerprint density at radius 2 is 2.44 bits per heavy atom. The molecule has 100 valence electrons. The normalized spacial score (nSPS) is 19.4. The van der Waals surface area contributed by atoms with Gasteiger partial charge in [0, 0.05) is 25.7 Å². The Balaban J connectivity index is 1.81. The molecule has 2 heterocycles. The van der Waals surface area contributed by atoms with E-state index in [2.05, 4.69) is 10.3 Å². The van der Waals surface area contributed by atoms with Crippen LogP contribution in [0.2, 0.25) is 0 Å². The number of hydrogen-bond donors (Lipinski definition) is 1. The molecule has 1 aliphatic heterocycles. The monoisotopic (exact) mass is 252 g/mol. The fraction of sp³-hybridized carbons (Fsp3) is 0.692. The summed E-state index contributed by atoms with van der Waals surface area (Å²) < 4.78 is 10.5. The van der Waals surface area contributed by atoms with Crippen molar-refractivity contribution in [1.29, 1.82) is 0 Å². The van der Waals surface area contributed by atoms with E-state index >= 15 is 0 Å². The third kappa shape index (κ3) is 3.10. The molecule has 1 fully saturated rings. The molecule has 0 saturated carbocycles. The molecule has 1 amide bonds. The van der Waals surface area contributed by atoms with Gasteiger partial charge in [0.15, 0.2) is 12.1 Å². The molecule has 0 bridgehead atoms. The number of oxazole rings is 1. The smallest absolute Gasteiger partial charge is 0.273 e. The van der Waals surface area contributed by atoms with Gasteiger partial charge in [0.2, 0.25) is 0 Å². The molecule has 1 aromatic rings. The Morgan fingerprint density at radius 1 is 1.61 bits per heavy atom. The van der Waals surface area contributed by atoms with Gasteiger partial charge in [-0.05, 0) is 18.8 Å². The Labute approximate surface area is 107 Å². The second-order valence-electron chi connectivity index (χ2n) is 4.99. The van der Waals surface area contributed by atoms with Crippen molar-refractivity contribution in [2.24, 2.45) is 5.92 Å². The Bertz CT molecular complexity index is 395. The first-order chi connectivity index (χ1) is 8.68. The van der Waals surface area contributed by atoms with Crippen molar-refractivity contribution in [2.45, 2.75) is 32.6 Å². The maximum absolute atomic E-state index is 11.9. The SMILES string of the molecule is CC(C)c1ocnc1C(=O)NCC[C@@H]1CCOC1. The van der Waals surface area contributed by atoms with Crippen molar-refractivity contribution in [1.82, 2.24) is 10.3 Å². The molecule has 0 radical (unpaired) electrons. The molecule has 1 aromatic heterocycles. The van der Waals surface area contributed by atoms with Crippen LogP contribution in [-0.4, -0.2) is 30.6 Å². The molecule has 0 aliphatic carbocycles. The van der Waals surface area contributed by atoms with Gasteiger partial charge in [-0.1, -0.05) is 13.8 Å². The number of hydrogen-bond acceptors (Lipinski definition) is 4. The minimum absolute atomic E-state index is 0.147. The lowest BCUT2D eigenvalue weighted by atomic mass is 10.1. The maximum atomic E-state index is 11.9. The third-order valence-electron chi connectivity index (χ3n) is 3.20. The van der Waals surface area contributed by atoms with Crippen molar-refractivity contribution in [3.63, 3.8) is 0 Å². The summed E-state index contributed by atoms with van der Waals surface area (Å²) in [5.74, 6) is 1.24. The number of amides is 1. The van der Waals surface area contributed by atoms with Gasteiger partial charge in [0.1, 0.15) is 5.76 Å². The van der Waals surface area contributed by atoms with Crippen LogP contribution in [0.3, 0.4) is 0 Å². The largest absolute Gasteiger partial charge is 0.447 e. The summed E-state index contributed by atoms with van der Waals surface area (Å²) in [6.07, 6.45) is 3.38. The maximum Gasteiger partial charge on any atom is 0.273 e. The molecule has 0 aromatic carbocycles. The first-order valence-corrected chi connectivity index (χ1v) is 6.47. The summed E-state index contributed by atoms with van der Waals surface area (Å²) in [5, 5.41) is 2.89. The minimum atomic E-state index is -0.147. The standard InChI is InChI=1S/C13H20N2O3/c1-9(2)12-11(15-8-18-12)13(16)14-5-3-10-4-6-17-7-10/h8-10H,3-7H2,1-2H3,(H,14,16)/t10-/m1/s1. The molecule has 0 spiro atoms. The Kier molecular flexibility index (Phi) is 4.36. The summed E-state index contributed by atoms with van der Waals surface area (Å²) in [6, 6.07) is 0. The molecule has 2 rings (SSSR count). The molecule has 5 nitrogen and oxygen atoms in total. The van der Waals surface area contributed by atoms with Crippen LogP contribution < -0.4 is 5.32 Å². The van der Waals surface area contributed by atoms with Crippen molar-refractivity contribution >= 4 is 5.91 Å². The third-order valence-corrected chi connectivity index (χ3v) is 3.20. The number of rotatable bonds is 5. The Morgan fingerprint density at radius 3 is 3.11 bits per heavy atom. The average Bonchev–Trinajstić information content (AvgIpc) is 2.99. The van der Waals surface area contributed by atoms with E-state index in [1.807, 2.05) is 13.8 Å². The number of carbonyl (C=O) groups is 1. The summed E-state index contributed by atoms with van der Waals surface area (Å²) in [5.41, 5.74) is 0.410. The number of carbonyl (C=O) groups excluding carboxylic acids is 1. The molecule has 1 aliphatic rings. The highest BCUT2D eigenvalue weighted by molar-refractivity contribution is 5.93. The lowest BCUT2D eigenvalue weighted by molar-refractivity contribution is 0.0943. The van der Waals surface area contributed by atoms with E-state index in [4.69, 9.17) is 9.15 Å². The van der Waals surface area contributed by atoms with Crippen molar-refractivity contribution in [3.8, 4) is 0 Å². The first-order valence-electron chi connectivity index (χ1n) is 6.47. The van der Waals surface area contributed by atoms with Crippen LogP contribution in [0.25, 0.3) is 0 Å². The van der Waals surface area contributed by atoms with Crippen LogP contribution in [-0.2, 0) is 4.74 Å². The first kappa shape index (κ1) is 13.1. The van der Waals surface area contributed by atoms with Gasteiger partial charge in [0.25, 0.3) is 5.91 Å². The van der Waals surface area contributed by atoms with Crippen molar-refractivity contribution in [2.75, 3.05) is 19.8 Å². The van der Waals surface area contributed by atoms with E-state index in [0.29, 0.717) is 23.9 Å². The lowest BCUT2D eigenvalue weighted by Gasteiger charge is -2.08. The number of nitrogens with one attached hydrogen (secondary N) is 1. The number of nitrogens with zero attached hydrogens (tertiary/aromatic N) is 1. The molecule has 0 unspecified atom stereocenters. The van der Waals surface area contributed by atoms with E-state index in [1.165, 1.54) is 6.39 Å². The van der Waals surface area contributed by atoms with E-state index in [9.17, 15) is 4.79 Å². The van der Waals surface area contributed by atoms with Crippen LogP contribution in [0.5, 0.6) is 0 Å². The van der Waals surface area contributed by atoms with Crippen molar-refractivity contribution < 1.29 is 13.9 Å². The summed E-state index contributed by atoms with van der Waals surface area (Å²) in [7, 11) is 0. The molecular weight excluding hydrogens is 232 g/mol. The fourth-order valence-corrected chi connectivity index (χ4v) is 2.12. The van der Waals surface area contributed by atoms with Gasteiger partial charge < -0.3 is 14.5 Å². The predicted octanol–water partition coefficient (Wildman–Crippen LogP) is 1.95. The lowest BCUT2D eigenvalue weighted by Crippen LogP contribution is -2.27. The highest BCUT2D eigenvalue weighted by Gasteiger charge is 2.20. The zero-order chi connectivity index (χ0) is 13.0. The van der Waals surface area contributed by atoms with E-state index in [0.717, 1.165) is 26.1 Å². The minimum Gasteiger partial charge on any atom is -0.447 e. The topological polar surface area (TPSA) is 64.4 Å². The quantitative estimate of drug-likeness (QED) is 0.870. The van der Waals surface area contributed by atoms with Gasteiger partial charge >= 0.3 is 0 Å². The summed E-state index contributed by atoms with van der Waals surface area (Å²) >= 11 is 0. The van der Waals surface area contributed by atoms with Gasteiger partial charge in [0.05, 0.1) is 0 Å². The number of aromatic nitrogens is 1. The van der Waals surface area contributed by atoms with E-state index < -0.39 is 0 Å². The second kappa shape index (κ2) is 6.00. The van der Waals surface area contributed by atoms with Crippen LogP contribution in [0.15, 0.2) is 10.8 Å². The Hall–Kier alpha value is -1.36. The zero-order valence-corrected chi connectivity index (χ0v) is 10.9. The summed E-state index contributed by atoms with van der Waals surface area (Å²) in [6.45, 7) is 6.29. The number of ether oxygens (including phenoxy) is 1. The molecular formula is C13H20N2O3. The van der Waals surface area contributed by atoms with Gasteiger partial charge in [-0.3, -0.25) is 4.79 Å². The van der Waals surface area contributed by atoms with Crippen LogP contribution in [0.1, 0.15) is 48.9 Å². The van der Waals surface area contributed by atoms with E-state index in [-0.39, 0.29) is 11.8 Å². The van der Waals surface area contributed by atoms with Crippen molar-refractivity contribution in [3.05, 3.63) is 17.8 Å². The molecule has 5 heteroatoms. The molecule has 18 heavy (non-hydrogen) atoms. The van der Waals surface area contributed by atoms with Gasteiger partial charge in [-0.25, -0.2) is 4.98 Å². The fourth-order valence-electron chi connectivity index (χ4n) is 2.12. The molecule has 1 saturated heterocycles. The summed E-state index contributed by atoms with van der Waals surface area (Å²) in [4.78, 5) is 15.9. The van der Waals surface area contributed by atoms with Crippen LogP contribution in [0, 0.1) is 5.92 Å². The highest BCUT2D eigenvalue weighted by Crippen LogP contribution is 2.18. The van der Waals surface area contributed by atoms with Crippen LogP contribution >= 0.6 is 0 Å². The second-order valence-corrected chi connectivity index (χ2v) is 4.99. The highest BCUT2D eigenvalue weighted by atomic mass is 16.5. The zero-order valence-electron chi connectivity index (χ0n) is 10.9. The average molecular weight is 252 g/mol. The van der Waals surface area contributed by atoms with E-state index in [1.54, 1.807) is 0 Å². The molecule has 1 atom stereocenters.